The van der Waals surface area contributed by atoms with Crippen molar-refractivity contribution in [3.8, 4) is 0 Å². The van der Waals surface area contributed by atoms with Crippen LogP contribution in [-0.2, 0) is 18.7 Å². The van der Waals surface area contributed by atoms with E-state index in [1.807, 2.05) is 0 Å². The van der Waals surface area contributed by atoms with Crippen LogP contribution in [0.2, 0.25) is 0 Å². The first kappa shape index (κ1) is 18.7. The number of rotatable bonds is 9. The van der Waals surface area contributed by atoms with E-state index < -0.39 is 27.0 Å². The predicted molar refractivity (Wildman–Crippen MR) is 65.4 cm³/mol. The van der Waals surface area contributed by atoms with E-state index in [1.54, 1.807) is 0 Å². The van der Waals surface area contributed by atoms with Gasteiger partial charge in [-0.25, -0.2) is 0 Å². The van der Waals surface area contributed by atoms with Gasteiger partial charge in [-0.3, -0.25) is 13.9 Å². The average molecular weight is 320 g/mol. The maximum Gasteiger partial charge on any atom is 0.340 e. The van der Waals surface area contributed by atoms with E-state index in [0.29, 0.717) is 0 Å². The molecule has 1 amide bonds. The highest BCUT2D eigenvalue weighted by Crippen LogP contribution is 2.61. The molecule has 0 heterocycles. The number of ether oxygens (including phenoxy) is 1. The van der Waals surface area contributed by atoms with Crippen molar-refractivity contribution in [2.45, 2.75) is 11.8 Å². The molecule has 0 saturated heterocycles. The maximum absolute atomic E-state index is 10.9. The van der Waals surface area contributed by atoms with Gasteiger partial charge in [0.15, 0.2) is 5.40 Å². The summed E-state index contributed by atoms with van der Waals surface area (Å²) in [5.41, 5.74) is 5.02. The summed E-state index contributed by atoms with van der Waals surface area (Å²) in [5, 5.41) is 0.314. The fraction of sp³-hybridized carbons (Fsp3) is 0.857. The van der Waals surface area contributed by atoms with Crippen LogP contribution in [-0.4, -0.2) is 57.2 Å². The van der Waals surface area contributed by atoms with Crippen molar-refractivity contribution in [2.24, 2.45) is 5.73 Å². The van der Waals surface area contributed by atoms with Crippen molar-refractivity contribution >= 4 is 21.1 Å². The number of hydrogen-bond acceptors (Lipinski definition) is 5. The number of nitrogens with one attached hydrogen (secondary N) is 1. The fourth-order valence-corrected chi connectivity index (χ4v) is 3.61. The lowest BCUT2D eigenvalue weighted by Gasteiger charge is -2.19. The number of nitrogens with two attached hydrogens (primary N) is 1. The molecule has 0 bridgehead atoms. The Morgan fingerprint density at radius 1 is 1.16 bits per heavy atom. The van der Waals surface area contributed by atoms with Crippen molar-refractivity contribution in [2.75, 3.05) is 26.3 Å². The topological polar surface area (TPSA) is 179 Å². The van der Waals surface area contributed by atoms with Gasteiger partial charge in [-0.05, 0) is 6.42 Å². The van der Waals surface area contributed by atoms with Gasteiger partial charge in [0, 0.05) is 13.2 Å². The van der Waals surface area contributed by atoms with Crippen LogP contribution in [0.25, 0.3) is 0 Å². The average Bonchev–Trinajstić information content (AvgIpc) is 2.23. The van der Waals surface area contributed by atoms with E-state index in [0.717, 1.165) is 0 Å². The van der Waals surface area contributed by atoms with Gasteiger partial charge in [0.2, 0.25) is 5.91 Å². The second-order valence-corrected chi connectivity index (χ2v) is 7.62. The van der Waals surface area contributed by atoms with E-state index in [1.165, 1.54) is 0 Å². The first-order valence-corrected chi connectivity index (χ1v) is 8.60. The zero-order chi connectivity index (χ0) is 15.1. The molecule has 0 aromatic carbocycles. The summed E-state index contributed by atoms with van der Waals surface area (Å²) in [6.07, 6.45) is -0.487. The molecule has 0 saturated carbocycles. The van der Waals surface area contributed by atoms with E-state index in [-0.39, 0.29) is 32.2 Å². The third-order valence-corrected chi connectivity index (χ3v) is 5.93. The highest BCUT2D eigenvalue weighted by atomic mass is 31.2. The van der Waals surface area contributed by atoms with Gasteiger partial charge in [0.05, 0.1) is 13.2 Å². The second-order valence-electron chi connectivity index (χ2n) is 3.61. The fourth-order valence-electron chi connectivity index (χ4n) is 1.16. The van der Waals surface area contributed by atoms with Gasteiger partial charge in [0.25, 0.3) is 0 Å². The summed E-state index contributed by atoms with van der Waals surface area (Å²) >= 11 is 0. The minimum Gasteiger partial charge on any atom is -0.380 e. The Kier molecular flexibility index (Phi) is 7.95. The molecule has 0 radical (unpaired) electrons. The van der Waals surface area contributed by atoms with Crippen LogP contribution >= 0.6 is 15.2 Å². The van der Waals surface area contributed by atoms with Crippen LogP contribution in [0, 0.1) is 0 Å². The van der Waals surface area contributed by atoms with Crippen molar-refractivity contribution in [1.29, 1.82) is 0 Å². The van der Waals surface area contributed by atoms with Crippen LogP contribution in [0.5, 0.6) is 0 Å². The summed E-state index contributed by atoms with van der Waals surface area (Å²) in [5.74, 6) is -0.382. The molecule has 7 N–H and O–H groups in total. The van der Waals surface area contributed by atoms with Crippen molar-refractivity contribution in [1.82, 2.24) is 5.32 Å². The molecule has 0 aliphatic rings. The standard InChI is InChI=1S/C7H18N2O8P2/c8-5-6(10)9-2-4-17-3-1-7(18(11,12)13)19(14,15)16/h7H,1-5,8H2,(H,9,10)(H2,11,12,13)(H2,14,15,16). The molecule has 0 atom stereocenters. The number of amides is 1. The highest BCUT2D eigenvalue weighted by molar-refractivity contribution is 7.70. The van der Waals surface area contributed by atoms with Gasteiger partial charge >= 0.3 is 15.2 Å². The van der Waals surface area contributed by atoms with Crippen LogP contribution in [0.3, 0.4) is 0 Å². The van der Waals surface area contributed by atoms with Crippen LogP contribution < -0.4 is 11.1 Å². The van der Waals surface area contributed by atoms with E-state index in [2.05, 4.69) is 5.32 Å². The lowest BCUT2D eigenvalue weighted by Crippen LogP contribution is -2.32. The Bertz CT molecular complexity index is 355. The maximum atomic E-state index is 10.9. The van der Waals surface area contributed by atoms with E-state index in [9.17, 15) is 13.9 Å². The molecule has 114 valence electrons. The molecule has 12 heteroatoms. The molecule has 0 rings (SSSR count). The Labute approximate surface area is 109 Å². The molecular weight excluding hydrogens is 302 g/mol. The summed E-state index contributed by atoms with van der Waals surface area (Å²) in [4.78, 5) is 46.0. The van der Waals surface area contributed by atoms with Gasteiger partial charge < -0.3 is 35.4 Å². The zero-order valence-electron chi connectivity index (χ0n) is 10.0. The van der Waals surface area contributed by atoms with Crippen LogP contribution in [0.15, 0.2) is 0 Å². The number of carbonyl (C=O) groups excluding carboxylic acids is 1. The molecule has 19 heavy (non-hydrogen) atoms. The predicted octanol–water partition coefficient (Wildman–Crippen LogP) is -1.85. The van der Waals surface area contributed by atoms with Crippen molar-refractivity contribution in [3.05, 3.63) is 0 Å². The molecule has 0 aromatic heterocycles. The first-order chi connectivity index (χ1) is 8.59. The zero-order valence-corrected chi connectivity index (χ0v) is 11.8. The van der Waals surface area contributed by atoms with E-state index in [4.69, 9.17) is 30.0 Å². The highest BCUT2D eigenvalue weighted by Gasteiger charge is 2.42. The summed E-state index contributed by atoms with van der Waals surface area (Å²) in [7, 11) is -9.81. The molecule has 0 spiro atoms. The molecule has 10 nitrogen and oxygen atoms in total. The number of hydrogen-bond donors (Lipinski definition) is 6. The van der Waals surface area contributed by atoms with Gasteiger partial charge in [-0.2, -0.15) is 0 Å². The molecule has 0 aliphatic heterocycles. The first-order valence-electron chi connectivity index (χ1n) is 5.24. The Hall–Kier alpha value is -0.310. The lowest BCUT2D eigenvalue weighted by atomic mass is 10.5. The largest absolute Gasteiger partial charge is 0.380 e. The Morgan fingerprint density at radius 2 is 1.68 bits per heavy atom. The smallest absolute Gasteiger partial charge is 0.340 e. The third-order valence-electron chi connectivity index (χ3n) is 2.05. The molecule has 0 aromatic rings. The molecular formula is C7H18N2O8P2. The Morgan fingerprint density at radius 3 is 2.11 bits per heavy atom. The van der Waals surface area contributed by atoms with E-state index >= 15 is 0 Å². The molecule has 0 aliphatic carbocycles. The minimum atomic E-state index is -4.90. The summed E-state index contributed by atoms with van der Waals surface area (Å²) in [6.45, 7) is -0.231. The van der Waals surface area contributed by atoms with Gasteiger partial charge in [0.1, 0.15) is 0 Å². The van der Waals surface area contributed by atoms with Gasteiger partial charge in [-0.1, -0.05) is 0 Å². The summed E-state index contributed by atoms with van der Waals surface area (Å²) in [6, 6.07) is 0. The van der Waals surface area contributed by atoms with Crippen molar-refractivity contribution < 1.29 is 38.2 Å². The normalized spacial score (nSPS) is 12.7. The van der Waals surface area contributed by atoms with Crippen LogP contribution in [0.4, 0.5) is 0 Å². The minimum absolute atomic E-state index is 0.0424. The number of carbonyl (C=O) groups is 1. The Balaban J connectivity index is 4.00. The second kappa shape index (κ2) is 8.08. The molecule has 0 unspecified atom stereocenters. The molecule has 0 fully saturated rings. The van der Waals surface area contributed by atoms with Crippen LogP contribution in [0.1, 0.15) is 6.42 Å². The lowest BCUT2D eigenvalue weighted by molar-refractivity contribution is -0.119. The van der Waals surface area contributed by atoms with Gasteiger partial charge in [-0.15, -0.1) is 0 Å². The third kappa shape index (κ3) is 8.46. The SMILES string of the molecule is NCC(=O)NCCOCCC(P(=O)(O)O)P(=O)(O)O. The van der Waals surface area contributed by atoms with Crippen molar-refractivity contribution in [3.63, 3.8) is 0 Å². The monoisotopic (exact) mass is 320 g/mol. The summed E-state index contributed by atoms with van der Waals surface area (Å²) < 4.78 is 26.7. The quantitative estimate of drug-likeness (QED) is 0.210.